The third-order valence-corrected chi connectivity index (χ3v) is 8.07. The summed E-state index contributed by atoms with van der Waals surface area (Å²) in [4.78, 5) is 0. The van der Waals surface area contributed by atoms with Crippen LogP contribution < -0.4 is 0 Å². The van der Waals surface area contributed by atoms with Crippen molar-refractivity contribution in [3.05, 3.63) is 0 Å². The lowest BCUT2D eigenvalue weighted by Crippen LogP contribution is -2.20. The molecule has 0 amide bonds. The van der Waals surface area contributed by atoms with Crippen molar-refractivity contribution in [1.29, 1.82) is 0 Å². The summed E-state index contributed by atoms with van der Waals surface area (Å²) in [5, 5.41) is 0. The van der Waals surface area contributed by atoms with Gasteiger partial charge in [0.15, 0.2) is 8.56 Å². The van der Waals surface area contributed by atoms with Gasteiger partial charge in [0.1, 0.15) is 8.35 Å². The first-order chi connectivity index (χ1) is 4.31. The third kappa shape index (κ3) is 6.53. The van der Waals surface area contributed by atoms with E-state index in [9.17, 15) is 0 Å². The predicted octanol–water partition coefficient (Wildman–Crippen LogP) is -0.178. The molecule has 1 unspecified atom stereocenters. The van der Waals surface area contributed by atoms with E-state index in [0.717, 1.165) is 6.61 Å². The van der Waals surface area contributed by atoms with E-state index in [0.29, 0.717) is 6.61 Å². The zero-order chi connectivity index (χ0) is 7.11. The summed E-state index contributed by atoms with van der Waals surface area (Å²) in [7, 11) is 0.429. The van der Waals surface area contributed by atoms with E-state index in [1.54, 1.807) is 7.11 Å². The number of hydrogen-bond acceptors (Lipinski definition) is 2. The molecule has 1 atom stereocenters. The van der Waals surface area contributed by atoms with Crippen LogP contribution in [0.4, 0.5) is 0 Å². The number of halogens is 1. The van der Waals surface area contributed by atoms with E-state index >= 15 is 0 Å². The van der Waals surface area contributed by atoms with Crippen LogP contribution in [0, 0.1) is 0 Å². The van der Waals surface area contributed by atoms with Crippen molar-refractivity contribution < 1.29 is 9.16 Å². The lowest BCUT2D eigenvalue weighted by atomic mass is 10.8. The lowest BCUT2D eigenvalue weighted by molar-refractivity contribution is 0.148. The molecule has 0 fully saturated rings. The summed E-state index contributed by atoms with van der Waals surface area (Å²) in [6.45, 7) is 3.56. The average molecular weight is 185 g/mol. The Morgan fingerprint density at radius 2 is 2.22 bits per heavy atom. The Morgan fingerprint density at radius 3 is 2.67 bits per heavy atom. The monoisotopic (exact) mass is 184 g/mol. The van der Waals surface area contributed by atoms with Crippen molar-refractivity contribution in [2.75, 3.05) is 20.3 Å². The third-order valence-electron chi connectivity index (χ3n) is 0.907. The molecule has 9 heavy (non-hydrogen) atoms. The first-order valence-corrected chi connectivity index (χ1v) is 10.0. The molecule has 0 saturated carbocycles. The van der Waals surface area contributed by atoms with Crippen molar-refractivity contribution >= 4 is 28.0 Å². The van der Waals surface area contributed by atoms with Crippen molar-refractivity contribution in [2.45, 2.75) is 6.55 Å². The molecule has 0 aromatic carbocycles. The van der Waals surface area contributed by atoms with Crippen LogP contribution in [0.5, 0.6) is 0 Å². The van der Waals surface area contributed by atoms with Gasteiger partial charge in [-0.05, 0) is 0 Å². The lowest BCUT2D eigenvalue weighted by Gasteiger charge is -2.05. The second-order valence-corrected chi connectivity index (χ2v) is 11.2. The number of ether oxygens (including phenoxy) is 1. The molecule has 2 nitrogen and oxygen atoms in total. The van der Waals surface area contributed by atoms with Gasteiger partial charge in [0.2, 0.25) is 0 Å². The summed E-state index contributed by atoms with van der Waals surface area (Å²) in [5.41, 5.74) is 0. The fourth-order valence-electron chi connectivity index (χ4n) is 0.377. The minimum absolute atomic E-state index is 0.356. The predicted molar refractivity (Wildman–Crippen MR) is 45.2 cm³/mol. The molecular weight excluding hydrogens is 172 g/mol. The number of rotatable bonds is 5. The standard InChI is InChI=1S/C4H13ClO2Si2/c1-6-3-4-7-9(2)8-5/h9H,3-4,8H2,1-2H3. The van der Waals surface area contributed by atoms with Gasteiger partial charge in [-0.15, -0.1) is 0 Å². The summed E-state index contributed by atoms with van der Waals surface area (Å²) < 4.78 is 10.2. The van der Waals surface area contributed by atoms with Crippen LogP contribution >= 0.6 is 11.1 Å². The van der Waals surface area contributed by atoms with E-state index in [1.165, 1.54) is 0 Å². The number of hydrogen-bond donors (Lipinski definition) is 0. The minimum Gasteiger partial charge on any atom is -0.420 e. The van der Waals surface area contributed by atoms with Crippen molar-refractivity contribution in [2.24, 2.45) is 0 Å². The first kappa shape index (κ1) is 9.64. The molecule has 0 aliphatic carbocycles. The van der Waals surface area contributed by atoms with E-state index in [4.69, 9.17) is 20.2 Å². The summed E-state index contributed by atoms with van der Waals surface area (Å²) in [6, 6.07) is 0. The van der Waals surface area contributed by atoms with Crippen LogP contribution in [0.25, 0.3) is 0 Å². The minimum atomic E-state index is -0.889. The van der Waals surface area contributed by atoms with Gasteiger partial charge in [-0.3, -0.25) is 0 Å². The van der Waals surface area contributed by atoms with Crippen LogP contribution in [0.2, 0.25) is 6.55 Å². The van der Waals surface area contributed by atoms with Gasteiger partial charge in [-0.25, -0.2) is 0 Å². The topological polar surface area (TPSA) is 18.5 Å². The molecular formula is C4H13ClO2Si2. The molecule has 0 rings (SSSR count). The van der Waals surface area contributed by atoms with Crippen molar-refractivity contribution in [3.8, 4) is 0 Å². The fraction of sp³-hybridized carbons (Fsp3) is 1.00. The van der Waals surface area contributed by atoms with Crippen LogP contribution in [-0.2, 0) is 9.16 Å². The van der Waals surface area contributed by atoms with E-state index in [2.05, 4.69) is 6.55 Å². The molecule has 0 aromatic rings. The van der Waals surface area contributed by atoms with Crippen molar-refractivity contribution in [3.63, 3.8) is 0 Å². The van der Waals surface area contributed by atoms with Crippen LogP contribution in [-0.4, -0.2) is 37.2 Å². The van der Waals surface area contributed by atoms with Crippen LogP contribution in [0.3, 0.4) is 0 Å². The second-order valence-electron chi connectivity index (χ2n) is 1.83. The molecule has 0 saturated heterocycles. The Balaban J connectivity index is 2.88. The molecule has 0 aromatic heterocycles. The number of methoxy groups -OCH3 is 1. The van der Waals surface area contributed by atoms with Gasteiger partial charge in [0, 0.05) is 7.11 Å². The molecule has 0 bridgehead atoms. The van der Waals surface area contributed by atoms with Gasteiger partial charge in [-0.1, -0.05) is 6.55 Å². The quantitative estimate of drug-likeness (QED) is 0.336. The highest BCUT2D eigenvalue weighted by molar-refractivity contribution is 7.30. The van der Waals surface area contributed by atoms with Gasteiger partial charge in [0.05, 0.1) is 13.2 Å². The molecule has 56 valence electrons. The van der Waals surface area contributed by atoms with Crippen molar-refractivity contribution in [1.82, 2.24) is 0 Å². The van der Waals surface area contributed by atoms with Gasteiger partial charge >= 0.3 is 0 Å². The average Bonchev–Trinajstić information content (AvgIpc) is 1.89. The maximum atomic E-state index is 5.67. The van der Waals surface area contributed by atoms with Gasteiger partial charge < -0.3 is 9.16 Å². The van der Waals surface area contributed by atoms with E-state index in [-0.39, 0.29) is 8.35 Å². The first-order valence-electron chi connectivity index (χ1n) is 2.97. The largest absolute Gasteiger partial charge is 0.420 e. The molecule has 0 radical (unpaired) electrons. The Labute approximate surface area is 64.5 Å². The van der Waals surface area contributed by atoms with E-state index < -0.39 is 8.56 Å². The SMILES string of the molecule is COCCO[SiH](C)[SiH2]Cl. The molecule has 0 N–H and O–H groups in total. The normalized spacial score (nSPS) is 15.0. The summed E-state index contributed by atoms with van der Waals surface area (Å²) in [6.07, 6.45) is 0. The van der Waals surface area contributed by atoms with E-state index in [1.807, 2.05) is 0 Å². The zero-order valence-corrected chi connectivity index (χ0v) is 9.22. The highest BCUT2D eigenvalue weighted by Gasteiger charge is 2.00. The maximum Gasteiger partial charge on any atom is 0.173 e. The van der Waals surface area contributed by atoms with Crippen LogP contribution in [0.1, 0.15) is 0 Å². The summed E-state index contributed by atoms with van der Waals surface area (Å²) >= 11 is 5.67. The molecule has 0 aliphatic heterocycles. The Hall–Kier alpha value is 0.644. The summed E-state index contributed by atoms with van der Waals surface area (Å²) in [5.74, 6) is 0. The Kier molecular flexibility index (Phi) is 7.24. The van der Waals surface area contributed by atoms with Crippen LogP contribution in [0.15, 0.2) is 0 Å². The van der Waals surface area contributed by atoms with Gasteiger partial charge in [0.25, 0.3) is 0 Å². The second kappa shape index (κ2) is 6.76. The smallest absolute Gasteiger partial charge is 0.173 e. The molecule has 5 heteroatoms. The fourth-order valence-corrected chi connectivity index (χ4v) is 2.53. The maximum absolute atomic E-state index is 5.67. The highest BCUT2D eigenvalue weighted by Crippen LogP contribution is 1.85. The molecule has 0 aliphatic rings. The molecule has 0 heterocycles. The Bertz CT molecular complexity index is 64.5. The highest BCUT2D eigenvalue weighted by atomic mass is 35.6. The Morgan fingerprint density at radius 1 is 1.56 bits per heavy atom. The molecule has 0 spiro atoms. The zero-order valence-electron chi connectivity index (χ0n) is 5.89. The van der Waals surface area contributed by atoms with Gasteiger partial charge in [-0.2, -0.15) is 11.1 Å².